The number of amides is 1. The molecule has 3 nitrogen and oxygen atoms in total. The van der Waals surface area contributed by atoms with E-state index < -0.39 is 0 Å². The van der Waals surface area contributed by atoms with Crippen molar-refractivity contribution in [2.24, 2.45) is 11.3 Å². The first kappa shape index (κ1) is 11.6. The molecule has 0 bridgehead atoms. The third-order valence-corrected chi connectivity index (χ3v) is 4.39. The number of anilines is 1. The molecule has 1 aromatic rings. The first-order valence-electron chi connectivity index (χ1n) is 6.75. The number of aryl methyl sites for hydroxylation is 1. The van der Waals surface area contributed by atoms with Gasteiger partial charge in [0.25, 0.3) is 5.91 Å². The highest BCUT2D eigenvalue weighted by atomic mass is 16.1. The highest BCUT2D eigenvalue weighted by Gasteiger charge is 2.53. The van der Waals surface area contributed by atoms with Gasteiger partial charge in [0, 0.05) is 12.2 Å². The molecule has 96 valence electrons. The van der Waals surface area contributed by atoms with Gasteiger partial charge in [-0.15, -0.1) is 0 Å². The zero-order valence-electron chi connectivity index (χ0n) is 10.8. The molecule has 2 aliphatic rings. The largest absolute Gasteiger partial charge is 0.398 e. The van der Waals surface area contributed by atoms with Gasteiger partial charge >= 0.3 is 0 Å². The maximum Gasteiger partial charge on any atom is 0.253 e. The molecule has 0 aliphatic heterocycles. The fourth-order valence-corrected chi connectivity index (χ4v) is 2.80. The van der Waals surface area contributed by atoms with Crippen molar-refractivity contribution in [1.29, 1.82) is 0 Å². The molecule has 0 unspecified atom stereocenters. The summed E-state index contributed by atoms with van der Waals surface area (Å²) in [6, 6.07) is 5.60. The summed E-state index contributed by atoms with van der Waals surface area (Å²) in [5.41, 5.74) is 8.54. The number of hydrogen-bond donors (Lipinski definition) is 2. The van der Waals surface area contributed by atoms with Crippen LogP contribution in [0.25, 0.3) is 0 Å². The molecule has 0 heterocycles. The minimum absolute atomic E-state index is 0.0249. The van der Waals surface area contributed by atoms with E-state index in [0.29, 0.717) is 16.7 Å². The van der Waals surface area contributed by atoms with Gasteiger partial charge in [0.15, 0.2) is 0 Å². The smallest absolute Gasteiger partial charge is 0.253 e. The predicted octanol–water partition coefficient (Wildman–Crippen LogP) is 2.50. The lowest BCUT2D eigenvalue weighted by Crippen LogP contribution is -2.31. The summed E-state index contributed by atoms with van der Waals surface area (Å²) >= 11 is 0. The Kier molecular flexibility index (Phi) is 2.58. The van der Waals surface area contributed by atoms with Gasteiger partial charge in [0.1, 0.15) is 0 Å². The quantitative estimate of drug-likeness (QED) is 0.799. The molecular formula is C15H20N2O. The summed E-state index contributed by atoms with van der Waals surface area (Å²) in [5.74, 6) is 0.843. The first-order valence-corrected chi connectivity index (χ1v) is 6.75. The van der Waals surface area contributed by atoms with Crippen molar-refractivity contribution >= 4 is 11.6 Å². The summed E-state index contributed by atoms with van der Waals surface area (Å²) in [7, 11) is 0. The molecule has 0 saturated heterocycles. The highest BCUT2D eigenvalue weighted by Crippen LogP contribution is 2.60. The van der Waals surface area contributed by atoms with Crippen LogP contribution < -0.4 is 11.1 Å². The van der Waals surface area contributed by atoms with Crippen LogP contribution in [0.2, 0.25) is 0 Å². The molecule has 3 rings (SSSR count). The van der Waals surface area contributed by atoms with Crippen molar-refractivity contribution in [2.45, 2.75) is 32.6 Å². The average molecular weight is 244 g/mol. The minimum atomic E-state index is -0.0249. The fourth-order valence-electron chi connectivity index (χ4n) is 2.80. The number of nitrogen functional groups attached to an aromatic ring is 1. The number of benzene rings is 1. The zero-order valence-corrected chi connectivity index (χ0v) is 10.8. The number of carbonyl (C=O) groups excluding carboxylic acids is 1. The molecule has 1 aromatic carbocycles. The van der Waals surface area contributed by atoms with Crippen LogP contribution in [0.4, 0.5) is 5.69 Å². The lowest BCUT2D eigenvalue weighted by atomic mass is 10.0. The standard InChI is InChI=1S/C15H20N2O/c1-10-2-5-13(16)12(8-10)14(18)17-9-15(6-7-15)11-3-4-11/h2,5,8,11H,3-4,6-7,9,16H2,1H3,(H,17,18). The molecule has 2 saturated carbocycles. The lowest BCUT2D eigenvalue weighted by Gasteiger charge is -2.15. The maximum atomic E-state index is 12.1. The topological polar surface area (TPSA) is 55.1 Å². The molecule has 18 heavy (non-hydrogen) atoms. The average Bonchev–Trinajstić information content (AvgIpc) is 3.21. The maximum absolute atomic E-state index is 12.1. The number of nitrogens with one attached hydrogen (secondary N) is 1. The van der Waals surface area contributed by atoms with Crippen LogP contribution in [0.15, 0.2) is 18.2 Å². The van der Waals surface area contributed by atoms with Crippen LogP contribution in [-0.2, 0) is 0 Å². The number of rotatable bonds is 4. The van der Waals surface area contributed by atoms with Gasteiger partial charge < -0.3 is 11.1 Å². The van der Waals surface area contributed by atoms with E-state index in [1.54, 1.807) is 6.07 Å². The first-order chi connectivity index (χ1) is 8.61. The second-order valence-corrected chi connectivity index (χ2v) is 5.91. The molecule has 3 heteroatoms. The molecular weight excluding hydrogens is 224 g/mol. The Bertz CT molecular complexity index is 487. The van der Waals surface area contributed by atoms with Crippen molar-refractivity contribution in [2.75, 3.05) is 12.3 Å². The van der Waals surface area contributed by atoms with Gasteiger partial charge in [-0.3, -0.25) is 4.79 Å². The van der Waals surface area contributed by atoms with Crippen molar-refractivity contribution in [3.63, 3.8) is 0 Å². The highest BCUT2D eigenvalue weighted by molar-refractivity contribution is 5.99. The van der Waals surface area contributed by atoms with Gasteiger partial charge in [-0.05, 0) is 56.1 Å². The van der Waals surface area contributed by atoms with E-state index >= 15 is 0 Å². The Morgan fingerprint density at radius 1 is 1.44 bits per heavy atom. The van der Waals surface area contributed by atoms with Gasteiger partial charge in [-0.1, -0.05) is 11.6 Å². The van der Waals surface area contributed by atoms with Crippen molar-refractivity contribution in [3.8, 4) is 0 Å². The van der Waals surface area contributed by atoms with Gasteiger partial charge in [-0.2, -0.15) is 0 Å². The Morgan fingerprint density at radius 3 is 2.78 bits per heavy atom. The van der Waals surface area contributed by atoms with E-state index in [-0.39, 0.29) is 5.91 Å². The predicted molar refractivity (Wildman–Crippen MR) is 72.3 cm³/mol. The Morgan fingerprint density at radius 2 is 2.17 bits per heavy atom. The molecule has 0 spiro atoms. The zero-order chi connectivity index (χ0) is 12.8. The van der Waals surface area contributed by atoms with Crippen molar-refractivity contribution in [3.05, 3.63) is 29.3 Å². The number of nitrogens with two attached hydrogens (primary N) is 1. The second-order valence-electron chi connectivity index (χ2n) is 5.91. The third-order valence-electron chi connectivity index (χ3n) is 4.39. The van der Waals surface area contributed by atoms with Crippen molar-refractivity contribution in [1.82, 2.24) is 5.32 Å². The van der Waals surface area contributed by atoms with Crippen LogP contribution in [0, 0.1) is 18.3 Å². The van der Waals surface area contributed by atoms with E-state index in [4.69, 9.17) is 5.73 Å². The summed E-state index contributed by atoms with van der Waals surface area (Å²) in [6.07, 6.45) is 5.26. The SMILES string of the molecule is Cc1ccc(N)c(C(=O)NCC2(C3CC3)CC2)c1. The van der Waals surface area contributed by atoms with Crippen LogP contribution in [-0.4, -0.2) is 12.5 Å². The Balaban J connectivity index is 1.65. The van der Waals surface area contributed by atoms with Crippen LogP contribution in [0.5, 0.6) is 0 Å². The third kappa shape index (κ3) is 2.09. The molecule has 2 fully saturated rings. The van der Waals surface area contributed by atoms with E-state index in [2.05, 4.69) is 5.32 Å². The molecule has 0 atom stereocenters. The Hall–Kier alpha value is -1.51. The summed E-state index contributed by atoms with van der Waals surface area (Å²) in [4.78, 5) is 12.1. The second kappa shape index (κ2) is 4.01. The van der Waals surface area contributed by atoms with Gasteiger partial charge in [0.05, 0.1) is 5.56 Å². The van der Waals surface area contributed by atoms with E-state index in [9.17, 15) is 4.79 Å². The van der Waals surface area contributed by atoms with Gasteiger partial charge in [0.2, 0.25) is 0 Å². The van der Waals surface area contributed by atoms with E-state index in [1.807, 2.05) is 19.1 Å². The monoisotopic (exact) mass is 244 g/mol. The molecule has 0 radical (unpaired) electrons. The molecule has 1 amide bonds. The van der Waals surface area contributed by atoms with E-state index in [1.165, 1.54) is 25.7 Å². The molecule has 3 N–H and O–H groups in total. The van der Waals surface area contributed by atoms with Crippen LogP contribution >= 0.6 is 0 Å². The molecule has 0 aromatic heterocycles. The summed E-state index contributed by atoms with van der Waals surface area (Å²) in [6.45, 7) is 2.80. The number of carbonyl (C=O) groups is 1. The molecule has 2 aliphatic carbocycles. The number of hydrogen-bond acceptors (Lipinski definition) is 2. The van der Waals surface area contributed by atoms with Crippen LogP contribution in [0.3, 0.4) is 0 Å². The van der Waals surface area contributed by atoms with Gasteiger partial charge in [-0.25, -0.2) is 0 Å². The fraction of sp³-hybridized carbons (Fsp3) is 0.533. The normalized spacial score (nSPS) is 20.5. The van der Waals surface area contributed by atoms with E-state index in [0.717, 1.165) is 18.0 Å². The minimum Gasteiger partial charge on any atom is -0.398 e. The van der Waals surface area contributed by atoms with Crippen molar-refractivity contribution < 1.29 is 4.79 Å². The van der Waals surface area contributed by atoms with Crippen LogP contribution in [0.1, 0.15) is 41.6 Å². The summed E-state index contributed by atoms with van der Waals surface area (Å²) in [5, 5.41) is 3.07. The lowest BCUT2D eigenvalue weighted by molar-refractivity contribution is 0.0943. The summed E-state index contributed by atoms with van der Waals surface area (Å²) < 4.78 is 0. The Labute approximate surface area is 108 Å².